The Labute approximate surface area is 110 Å². The van der Waals surface area contributed by atoms with Crippen LogP contribution in [0.1, 0.15) is 38.5 Å². The molecule has 0 aromatic heterocycles. The standard InChI is InChI=1S/C12H24Cl2O2/c13-7-5-11-15-9-3-1-2-4-10-16-12-6-8-14/h1-12H2. The number of rotatable bonds is 13. The molecule has 0 atom stereocenters. The molecule has 0 aliphatic heterocycles. The summed E-state index contributed by atoms with van der Waals surface area (Å²) in [6.45, 7) is 3.32. The van der Waals surface area contributed by atoms with Gasteiger partial charge in [0.05, 0.1) is 0 Å². The van der Waals surface area contributed by atoms with Crippen LogP contribution in [0, 0.1) is 0 Å². The first-order valence-electron chi connectivity index (χ1n) is 6.19. The fourth-order valence-corrected chi connectivity index (χ4v) is 1.50. The van der Waals surface area contributed by atoms with Crippen molar-refractivity contribution in [1.82, 2.24) is 0 Å². The van der Waals surface area contributed by atoms with E-state index in [0.717, 1.165) is 52.1 Å². The molecule has 0 aromatic carbocycles. The average Bonchev–Trinajstić information content (AvgIpc) is 2.31. The number of alkyl halides is 2. The van der Waals surface area contributed by atoms with Gasteiger partial charge in [-0.3, -0.25) is 0 Å². The minimum absolute atomic E-state index is 0.694. The van der Waals surface area contributed by atoms with E-state index in [0.29, 0.717) is 11.8 Å². The van der Waals surface area contributed by atoms with Crippen molar-refractivity contribution < 1.29 is 9.47 Å². The van der Waals surface area contributed by atoms with Gasteiger partial charge < -0.3 is 9.47 Å². The number of hydrogen-bond donors (Lipinski definition) is 0. The van der Waals surface area contributed by atoms with Crippen molar-refractivity contribution in [3.63, 3.8) is 0 Å². The Morgan fingerprint density at radius 1 is 0.500 bits per heavy atom. The fraction of sp³-hybridized carbons (Fsp3) is 1.00. The summed E-state index contributed by atoms with van der Waals surface area (Å²) >= 11 is 11.1. The Morgan fingerprint density at radius 2 is 0.875 bits per heavy atom. The first-order valence-corrected chi connectivity index (χ1v) is 7.26. The van der Waals surface area contributed by atoms with E-state index in [1.807, 2.05) is 0 Å². The van der Waals surface area contributed by atoms with Crippen LogP contribution in [0.4, 0.5) is 0 Å². The van der Waals surface area contributed by atoms with Gasteiger partial charge in [-0.1, -0.05) is 12.8 Å². The van der Waals surface area contributed by atoms with Gasteiger partial charge in [0, 0.05) is 38.2 Å². The molecule has 0 aliphatic rings. The van der Waals surface area contributed by atoms with Crippen LogP contribution in [0.3, 0.4) is 0 Å². The molecule has 0 saturated carbocycles. The molecule has 0 N–H and O–H groups in total. The molecule has 4 heteroatoms. The third-order valence-corrected chi connectivity index (χ3v) is 2.71. The SMILES string of the molecule is ClCCCOCCCCCCOCCCCl. The van der Waals surface area contributed by atoms with Gasteiger partial charge in [-0.15, -0.1) is 23.2 Å². The Hall–Kier alpha value is 0.500. The predicted molar refractivity (Wildman–Crippen MR) is 70.8 cm³/mol. The molecule has 98 valence electrons. The van der Waals surface area contributed by atoms with Crippen LogP contribution >= 0.6 is 23.2 Å². The van der Waals surface area contributed by atoms with Crippen molar-refractivity contribution in [2.75, 3.05) is 38.2 Å². The molecule has 0 bridgehead atoms. The van der Waals surface area contributed by atoms with E-state index >= 15 is 0 Å². The topological polar surface area (TPSA) is 18.5 Å². The maximum absolute atomic E-state index is 5.53. The zero-order valence-corrected chi connectivity index (χ0v) is 11.6. The van der Waals surface area contributed by atoms with Crippen molar-refractivity contribution in [1.29, 1.82) is 0 Å². The van der Waals surface area contributed by atoms with Crippen LogP contribution in [-0.4, -0.2) is 38.2 Å². The van der Waals surface area contributed by atoms with Crippen molar-refractivity contribution in [2.24, 2.45) is 0 Å². The van der Waals surface area contributed by atoms with Crippen LogP contribution in [0.2, 0.25) is 0 Å². The Morgan fingerprint density at radius 3 is 1.25 bits per heavy atom. The zero-order chi connectivity index (χ0) is 11.9. The smallest absolute Gasteiger partial charge is 0.0477 e. The lowest BCUT2D eigenvalue weighted by atomic mass is 10.2. The van der Waals surface area contributed by atoms with E-state index in [1.54, 1.807) is 0 Å². The molecule has 0 rings (SSSR count). The number of hydrogen-bond acceptors (Lipinski definition) is 2. The Kier molecular flexibility index (Phi) is 16.0. The highest BCUT2D eigenvalue weighted by Gasteiger charge is 1.92. The summed E-state index contributed by atoms with van der Waals surface area (Å²) in [7, 11) is 0. The van der Waals surface area contributed by atoms with Gasteiger partial charge in [0.1, 0.15) is 0 Å². The van der Waals surface area contributed by atoms with E-state index < -0.39 is 0 Å². The van der Waals surface area contributed by atoms with Crippen molar-refractivity contribution in [3.05, 3.63) is 0 Å². The van der Waals surface area contributed by atoms with Gasteiger partial charge in [0.25, 0.3) is 0 Å². The van der Waals surface area contributed by atoms with Gasteiger partial charge >= 0.3 is 0 Å². The number of halogens is 2. The maximum Gasteiger partial charge on any atom is 0.0477 e. The summed E-state index contributed by atoms with van der Waals surface area (Å²) in [6, 6.07) is 0. The highest BCUT2D eigenvalue weighted by Crippen LogP contribution is 2.01. The molecule has 0 aliphatic carbocycles. The molecular formula is C12H24Cl2O2. The molecule has 0 unspecified atom stereocenters. The summed E-state index contributed by atoms with van der Waals surface area (Å²) in [5, 5.41) is 0. The summed E-state index contributed by atoms with van der Waals surface area (Å²) in [4.78, 5) is 0. The monoisotopic (exact) mass is 270 g/mol. The van der Waals surface area contributed by atoms with Gasteiger partial charge in [-0.05, 0) is 25.7 Å². The van der Waals surface area contributed by atoms with E-state index in [4.69, 9.17) is 32.7 Å². The molecule has 2 nitrogen and oxygen atoms in total. The summed E-state index contributed by atoms with van der Waals surface area (Å²) in [5.74, 6) is 1.39. The third kappa shape index (κ3) is 14.5. The second-order valence-electron chi connectivity index (χ2n) is 3.72. The van der Waals surface area contributed by atoms with E-state index in [1.165, 1.54) is 12.8 Å². The average molecular weight is 271 g/mol. The van der Waals surface area contributed by atoms with Crippen molar-refractivity contribution in [3.8, 4) is 0 Å². The molecule has 0 amide bonds. The van der Waals surface area contributed by atoms with E-state index in [-0.39, 0.29) is 0 Å². The molecule has 0 saturated heterocycles. The van der Waals surface area contributed by atoms with E-state index in [9.17, 15) is 0 Å². The van der Waals surface area contributed by atoms with Crippen LogP contribution < -0.4 is 0 Å². The van der Waals surface area contributed by atoms with Crippen LogP contribution in [0.25, 0.3) is 0 Å². The lowest BCUT2D eigenvalue weighted by molar-refractivity contribution is 0.122. The maximum atomic E-state index is 5.53. The highest BCUT2D eigenvalue weighted by molar-refractivity contribution is 6.18. The predicted octanol–water partition coefficient (Wildman–Crippen LogP) is 3.84. The molecule has 0 heterocycles. The summed E-state index contributed by atoms with van der Waals surface area (Å²) < 4.78 is 10.8. The lowest BCUT2D eigenvalue weighted by Gasteiger charge is -2.04. The number of ether oxygens (including phenoxy) is 2. The molecular weight excluding hydrogens is 247 g/mol. The van der Waals surface area contributed by atoms with Gasteiger partial charge in [0.15, 0.2) is 0 Å². The van der Waals surface area contributed by atoms with Crippen molar-refractivity contribution >= 4 is 23.2 Å². The Bertz CT molecular complexity index is 110. The second-order valence-corrected chi connectivity index (χ2v) is 4.48. The Balaban J connectivity index is 2.83. The minimum atomic E-state index is 0.694. The minimum Gasteiger partial charge on any atom is -0.381 e. The normalized spacial score (nSPS) is 10.9. The molecule has 0 fully saturated rings. The zero-order valence-electron chi connectivity index (χ0n) is 10.1. The quantitative estimate of drug-likeness (QED) is 0.374. The van der Waals surface area contributed by atoms with Gasteiger partial charge in [-0.25, -0.2) is 0 Å². The third-order valence-electron chi connectivity index (χ3n) is 2.17. The summed E-state index contributed by atoms with van der Waals surface area (Å²) in [5.41, 5.74) is 0. The van der Waals surface area contributed by atoms with Gasteiger partial charge in [-0.2, -0.15) is 0 Å². The molecule has 0 aromatic rings. The first-order chi connectivity index (χ1) is 7.91. The van der Waals surface area contributed by atoms with Gasteiger partial charge in [0.2, 0.25) is 0 Å². The van der Waals surface area contributed by atoms with Crippen LogP contribution in [-0.2, 0) is 9.47 Å². The molecule has 0 spiro atoms. The van der Waals surface area contributed by atoms with Crippen LogP contribution in [0.15, 0.2) is 0 Å². The van der Waals surface area contributed by atoms with Crippen molar-refractivity contribution in [2.45, 2.75) is 38.5 Å². The van der Waals surface area contributed by atoms with E-state index in [2.05, 4.69) is 0 Å². The second kappa shape index (κ2) is 15.5. The summed E-state index contributed by atoms with van der Waals surface area (Å²) in [6.07, 6.45) is 6.64. The number of unbranched alkanes of at least 4 members (excludes halogenated alkanes) is 3. The lowest BCUT2D eigenvalue weighted by Crippen LogP contribution is -1.99. The highest BCUT2D eigenvalue weighted by atomic mass is 35.5. The largest absolute Gasteiger partial charge is 0.381 e. The molecule has 16 heavy (non-hydrogen) atoms. The first kappa shape index (κ1) is 16.5. The fourth-order valence-electron chi connectivity index (χ4n) is 1.28. The van der Waals surface area contributed by atoms with Crippen LogP contribution in [0.5, 0.6) is 0 Å². The molecule has 0 radical (unpaired) electrons.